The van der Waals surface area contributed by atoms with Crippen molar-refractivity contribution in [1.82, 2.24) is 25.1 Å². The van der Waals surface area contributed by atoms with Crippen LogP contribution in [0.5, 0.6) is 0 Å². The Bertz CT molecular complexity index is 560. The van der Waals surface area contributed by atoms with E-state index < -0.39 is 0 Å². The molecule has 28 heavy (non-hydrogen) atoms. The number of aryl methyl sites for hydroxylation is 2. The van der Waals surface area contributed by atoms with Crippen molar-refractivity contribution in [2.75, 3.05) is 39.3 Å². The molecule has 1 aromatic rings. The van der Waals surface area contributed by atoms with Gasteiger partial charge in [0.1, 0.15) is 5.82 Å². The molecule has 0 aromatic carbocycles. The fraction of sp³-hybridized carbons (Fsp3) is 0.818. The van der Waals surface area contributed by atoms with Gasteiger partial charge in [-0.05, 0) is 53.6 Å². The number of amidine groups is 1. The minimum Gasteiger partial charge on any atom is -0.355 e. The number of hydrogen-bond donors (Lipinski definition) is 2. The number of unbranched alkanes of at least 4 members (excludes halogenated alkanes) is 5. The zero-order valence-corrected chi connectivity index (χ0v) is 18.6. The molecule has 2 N–H and O–H groups in total. The first-order valence-corrected chi connectivity index (χ1v) is 11.3. The van der Waals surface area contributed by atoms with E-state index in [2.05, 4.69) is 57.8 Å². The van der Waals surface area contributed by atoms with Crippen LogP contribution < -0.4 is 10.6 Å². The van der Waals surface area contributed by atoms with Crippen molar-refractivity contribution in [1.29, 1.82) is 0 Å². The first-order chi connectivity index (χ1) is 13.6. The van der Waals surface area contributed by atoms with Crippen LogP contribution >= 0.6 is 0 Å². The first kappa shape index (κ1) is 22.9. The summed E-state index contributed by atoms with van der Waals surface area (Å²) in [5.74, 6) is 2.32. The van der Waals surface area contributed by atoms with E-state index in [1.54, 1.807) is 0 Å². The number of nitrogens with one attached hydrogen (secondary N) is 2. The predicted octanol–water partition coefficient (Wildman–Crippen LogP) is 3.14. The van der Waals surface area contributed by atoms with Crippen molar-refractivity contribution in [3.8, 4) is 0 Å². The molecule has 2 rings (SSSR count). The van der Waals surface area contributed by atoms with Gasteiger partial charge in [0.05, 0.1) is 12.4 Å². The molecule has 0 radical (unpaired) electrons. The quantitative estimate of drug-likeness (QED) is 0.452. The van der Waals surface area contributed by atoms with Gasteiger partial charge in [0.25, 0.3) is 0 Å². The molecule has 1 unspecified atom stereocenters. The maximum Gasteiger partial charge on any atom is 0.105 e. The van der Waals surface area contributed by atoms with Gasteiger partial charge in [0.2, 0.25) is 0 Å². The van der Waals surface area contributed by atoms with E-state index in [-0.39, 0.29) is 0 Å². The van der Waals surface area contributed by atoms with Crippen LogP contribution in [-0.4, -0.2) is 65.6 Å². The Labute approximate surface area is 172 Å². The van der Waals surface area contributed by atoms with Crippen molar-refractivity contribution >= 4 is 5.84 Å². The second-order valence-corrected chi connectivity index (χ2v) is 8.15. The molecule has 6 nitrogen and oxygen atoms in total. The van der Waals surface area contributed by atoms with Crippen molar-refractivity contribution in [2.45, 2.75) is 78.8 Å². The standard InChI is InChI=1S/C22H42N6/c1-19-17-25-21(3)27(19)15-13-23-11-9-7-5-6-8-10-12-24-14-16-28-20(2)18-26-22(28)4/h17,20,23-24H,5-16,18H2,1-4H3. The van der Waals surface area contributed by atoms with Crippen LogP contribution in [0.25, 0.3) is 0 Å². The van der Waals surface area contributed by atoms with E-state index in [1.165, 1.54) is 50.1 Å². The molecule has 0 bridgehead atoms. The molecular formula is C22H42N6. The average molecular weight is 391 g/mol. The molecule has 0 aliphatic carbocycles. The zero-order chi connectivity index (χ0) is 20.2. The second-order valence-electron chi connectivity index (χ2n) is 8.15. The van der Waals surface area contributed by atoms with Crippen molar-refractivity contribution < 1.29 is 0 Å². The molecule has 2 heterocycles. The fourth-order valence-corrected chi connectivity index (χ4v) is 3.92. The van der Waals surface area contributed by atoms with Crippen molar-refractivity contribution in [2.24, 2.45) is 4.99 Å². The Balaban J connectivity index is 1.31. The van der Waals surface area contributed by atoms with E-state index in [0.29, 0.717) is 6.04 Å². The number of aliphatic imine (C=N–C) groups is 1. The van der Waals surface area contributed by atoms with Gasteiger partial charge in [-0.2, -0.15) is 0 Å². The topological polar surface area (TPSA) is 57.5 Å². The van der Waals surface area contributed by atoms with Crippen LogP contribution in [-0.2, 0) is 6.54 Å². The summed E-state index contributed by atoms with van der Waals surface area (Å²) in [5, 5.41) is 7.15. The average Bonchev–Trinajstić information content (AvgIpc) is 3.17. The van der Waals surface area contributed by atoms with E-state index in [1.807, 2.05) is 6.20 Å². The highest BCUT2D eigenvalue weighted by Crippen LogP contribution is 2.08. The Morgan fingerprint density at radius 1 is 0.893 bits per heavy atom. The van der Waals surface area contributed by atoms with E-state index in [9.17, 15) is 0 Å². The van der Waals surface area contributed by atoms with Gasteiger partial charge in [0, 0.05) is 44.1 Å². The molecule has 0 spiro atoms. The van der Waals surface area contributed by atoms with Crippen LogP contribution in [0.15, 0.2) is 11.2 Å². The lowest BCUT2D eigenvalue weighted by Gasteiger charge is -2.24. The SMILES string of the molecule is CC1=NCC(C)N1CCNCCCCCCCCNCCn1c(C)cnc1C. The Hall–Kier alpha value is -1.40. The summed E-state index contributed by atoms with van der Waals surface area (Å²) in [6.07, 6.45) is 9.95. The van der Waals surface area contributed by atoms with E-state index >= 15 is 0 Å². The van der Waals surface area contributed by atoms with Gasteiger partial charge in [-0.3, -0.25) is 4.99 Å². The predicted molar refractivity (Wildman–Crippen MR) is 119 cm³/mol. The highest BCUT2D eigenvalue weighted by atomic mass is 15.3. The Kier molecular flexibility index (Phi) is 10.6. The number of aromatic nitrogens is 2. The maximum absolute atomic E-state index is 4.50. The third kappa shape index (κ3) is 7.92. The largest absolute Gasteiger partial charge is 0.355 e. The summed E-state index contributed by atoms with van der Waals surface area (Å²) in [7, 11) is 0. The summed E-state index contributed by atoms with van der Waals surface area (Å²) in [6, 6.07) is 0.579. The first-order valence-electron chi connectivity index (χ1n) is 11.3. The lowest BCUT2D eigenvalue weighted by molar-refractivity contribution is 0.357. The highest BCUT2D eigenvalue weighted by molar-refractivity contribution is 5.81. The van der Waals surface area contributed by atoms with Crippen LogP contribution in [0, 0.1) is 13.8 Å². The third-order valence-corrected chi connectivity index (χ3v) is 5.79. The summed E-state index contributed by atoms with van der Waals surface area (Å²) >= 11 is 0. The molecule has 1 atom stereocenters. The van der Waals surface area contributed by atoms with Crippen LogP contribution in [0.2, 0.25) is 0 Å². The van der Waals surface area contributed by atoms with Crippen molar-refractivity contribution in [3.63, 3.8) is 0 Å². The summed E-state index contributed by atoms with van der Waals surface area (Å²) < 4.78 is 2.28. The monoisotopic (exact) mass is 390 g/mol. The fourth-order valence-electron chi connectivity index (χ4n) is 3.92. The molecule has 0 saturated heterocycles. The molecule has 1 aromatic heterocycles. The maximum atomic E-state index is 4.50. The van der Waals surface area contributed by atoms with Gasteiger partial charge >= 0.3 is 0 Å². The lowest BCUT2D eigenvalue weighted by Crippen LogP contribution is -2.38. The lowest BCUT2D eigenvalue weighted by atomic mass is 10.1. The van der Waals surface area contributed by atoms with Crippen LogP contribution in [0.3, 0.4) is 0 Å². The molecule has 160 valence electrons. The van der Waals surface area contributed by atoms with E-state index in [4.69, 9.17) is 0 Å². The number of nitrogens with zero attached hydrogens (tertiary/aromatic N) is 4. The minimum absolute atomic E-state index is 0.579. The number of imidazole rings is 1. The molecule has 0 saturated carbocycles. The molecule has 6 heteroatoms. The smallest absolute Gasteiger partial charge is 0.105 e. The van der Waals surface area contributed by atoms with Gasteiger partial charge in [-0.15, -0.1) is 0 Å². The number of rotatable bonds is 15. The van der Waals surface area contributed by atoms with E-state index in [0.717, 1.165) is 51.6 Å². The van der Waals surface area contributed by atoms with Gasteiger partial charge in [0.15, 0.2) is 0 Å². The molecule has 1 aliphatic heterocycles. The molecule has 0 amide bonds. The molecule has 1 aliphatic rings. The van der Waals surface area contributed by atoms with Gasteiger partial charge < -0.3 is 20.1 Å². The van der Waals surface area contributed by atoms with Crippen LogP contribution in [0.4, 0.5) is 0 Å². The van der Waals surface area contributed by atoms with Crippen molar-refractivity contribution in [3.05, 3.63) is 17.7 Å². The zero-order valence-electron chi connectivity index (χ0n) is 18.6. The summed E-state index contributed by atoms with van der Waals surface area (Å²) in [5.41, 5.74) is 1.25. The number of hydrogen-bond acceptors (Lipinski definition) is 5. The molecular weight excluding hydrogens is 348 g/mol. The third-order valence-electron chi connectivity index (χ3n) is 5.79. The summed E-state index contributed by atoms with van der Waals surface area (Å²) in [4.78, 5) is 11.3. The summed E-state index contributed by atoms with van der Waals surface area (Å²) in [6.45, 7) is 16.0. The highest BCUT2D eigenvalue weighted by Gasteiger charge is 2.19. The minimum atomic E-state index is 0.579. The molecule has 0 fully saturated rings. The second kappa shape index (κ2) is 12.9. The normalized spacial score (nSPS) is 16.8. The van der Waals surface area contributed by atoms with Gasteiger partial charge in [-0.25, -0.2) is 4.98 Å². The van der Waals surface area contributed by atoms with Gasteiger partial charge in [-0.1, -0.05) is 25.7 Å². The Morgan fingerprint density at radius 2 is 1.50 bits per heavy atom. The van der Waals surface area contributed by atoms with Crippen LogP contribution in [0.1, 0.15) is 63.9 Å². The Morgan fingerprint density at radius 3 is 2.04 bits per heavy atom.